The third-order valence-corrected chi connectivity index (χ3v) is 3.60. The van der Waals surface area contributed by atoms with Gasteiger partial charge in [0.15, 0.2) is 0 Å². The lowest BCUT2D eigenvalue weighted by Crippen LogP contribution is -2.38. The molecule has 1 rings (SSSR count). The van der Waals surface area contributed by atoms with Crippen molar-refractivity contribution in [2.45, 2.75) is 39.3 Å². The van der Waals surface area contributed by atoms with Crippen LogP contribution in [0, 0.1) is 5.82 Å². The number of ether oxygens (including phenoxy) is 1. The van der Waals surface area contributed by atoms with E-state index < -0.39 is 5.82 Å². The first-order valence-electron chi connectivity index (χ1n) is 6.29. The highest BCUT2D eigenvalue weighted by atomic mass is 35.5. The number of rotatable bonds is 6. The molecule has 108 valence electrons. The molecule has 0 spiro atoms. The summed E-state index contributed by atoms with van der Waals surface area (Å²) in [6, 6.07) is 2.63. The summed E-state index contributed by atoms with van der Waals surface area (Å²) in [5.41, 5.74) is 0.283. The quantitative estimate of drug-likeness (QED) is 0.776. The summed E-state index contributed by atoms with van der Waals surface area (Å²) in [6.45, 7) is 9.09. The molecule has 0 saturated heterocycles. The molecule has 1 atom stereocenters. The Morgan fingerprint density at radius 3 is 2.58 bits per heavy atom. The predicted octanol–water partition coefficient (Wildman–Crippen LogP) is 4.60. The van der Waals surface area contributed by atoms with E-state index in [0.717, 1.165) is 0 Å². The van der Waals surface area contributed by atoms with E-state index in [-0.39, 0.29) is 16.7 Å². The van der Waals surface area contributed by atoms with Gasteiger partial charge in [-0.3, -0.25) is 0 Å². The van der Waals surface area contributed by atoms with E-state index in [1.165, 1.54) is 12.1 Å². The fourth-order valence-corrected chi connectivity index (χ4v) is 2.58. The smallest absolute Gasteiger partial charge is 0.142 e. The fraction of sp³-hybridized carbons (Fsp3) is 0.571. The molecule has 0 fully saturated rings. The van der Waals surface area contributed by atoms with Gasteiger partial charge in [0.1, 0.15) is 5.82 Å². The fourth-order valence-electron chi connectivity index (χ4n) is 1.88. The van der Waals surface area contributed by atoms with Crippen LogP contribution in [-0.2, 0) is 4.74 Å². The third-order valence-electron chi connectivity index (χ3n) is 2.88. The zero-order chi connectivity index (χ0) is 14.6. The minimum Gasteiger partial charge on any atom is -0.375 e. The first-order valence-corrected chi connectivity index (χ1v) is 7.05. The van der Waals surface area contributed by atoms with E-state index in [9.17, 15) is 4.39 Å². The molecule has 1 aromatic rings. The highest BCUT2D eigenvalue weighted by molar-refractivity contribution is 6.36. The molecule has 0 bridgehead atoms. The molecule has 0 aliphatic rings. The molecule has 0 amide bonds. The Hall–Kier alpha value is -0.350. The van der Waals surface area contributed by atoms with Crippen LogP contribution in [0.25, 0.3) is 0 Å². The van der Waals surface area contributed by atoms with Gasteiger partial charge in [0.05, 0.1) is 10.6 Å². The second kappa shape index (κ2) is 6.89. The Labute approximate surface area is 124 Å². The molecule has 1 N–H and O–H groups in total. The number of nitrogens with one attached hydrogen (secondary N) is 1. The summed E-state index contributed by atoms with van der Waals surface area (Å²) in [5, 5.41) is 3.80. The van der Waals surface area contributed by atoms with Crippen molar-refractivity contribution in [3.05, 3.63) is 33.6 Å². The minimum absolute atomic E-state index is 0.0710. The SMILES string of the molecule is CCOC(C)(C)CNC(C)c1c(Cl)ccc(F)c1Cl. The molecule has 1 unspecified atom stereocenters. The number of hydrogen-bond acceptors (Lipinski definition) is 2. The van der Waals surface area contributed by atoms with Crippen molar-refractivity contribution in [2.75, 3.05) is 13.2 Å². The number of benzene rings is 1. The van der Waals surface area contributed by atoms with Crippen molar-refractivity contribution in [3.8, 4) is 0 Å². The maximum atomic E-state index is 13.5. The van der Waals surface area contributed by atoms with Crippen molar-refractivity contribution in [1.82, 2.24) is 5.32 Å². The maximum absolute atomic E-state index is 13.5. The molecular weight excluding hydrogens is 288 g/mol. The zero-order valence-corrected chi connectivity index (χ0v) is 13.2. The van der Waals surface area contributed by atoms with E-state index in [4.69, 9.17) is 27.9 Å². The van der Waals surface area contributed by atoms with Gasteiger partial charge in [-0.05, 0) is 39.8 Å². The van der Waals surface area contributed by atoms with Gasteiger partial charge in [0.2, 0.25) is 0 Å². The molecule has 5 heteroatoms. The lowest BCUT2D eigenvalue weighted by Gasteiger charge is -2.27. The number of hydrogen-bond donors (Lipinski definition) is 1. The van der Waals surface area contributed by atoms with E-state index >= 15 is 0 Å². The second-order valence-electron chi connectivity index (χ2n) is 5.05. The van der Waals surface area contributed by atoms with Gasteiger partial charge in [0.25, 0.3) is 0 Å². The van der Waals surface area contributed by atoms with Crippen LogP contribution in [0.15, 0.2) is 12.1 Å². The highest BCUT2D eigenvalue weighted by Gasteiger charge is 2.21. The van der Waals surface area contributed by atoms with Crippen molar-refractivity contribution < 1.29 is 9.13 Å². The van der Waals surface area contributed by atoms with Crippen LogP contribution < -0.4 is 5.32 Å². The van der Waals surface area contributed by atoms with Crippen LogP contribution in [0.5, 0.6) is 0 Å². The van der Waals surface area contributed by atoms with E-state index in [0.29, 0.717) is 23.7 Å². The van der Waals surface area contributed by atoms with Crippen LogP contribution >= 0.6 is 23.2 Å². The van der Waals surface area contributed by atoms with Crippen molar-refractivity contribution in [2.24, 2.45) is 0 Å². The molecule has 2 nitrogen and oxygen atoms in total. The second-order valence-corrected chi connectivity index (χ2v) is 5.84. The zero-order valence-electron chi connectivity index (χ0n) is 11.7. The summed E-state index contributed by atoms with van der Waals surface area (Å²) in [5.74, 6) is -0.459. The maximum Gasteiger partial charge on any atom is 0.142 e. The van der Waals surface area contributed by atoms with Crippen molar-refractivity contribution >= 4 is 23.2 Å². The number of halogens is 3. The van der Waals surface area contributed by atoms with E-state index in [1.807, 2.05) is 27.7 Å². The monoisotopic (exact) mass is 307 g/mol. The molecule has 0 saturated carbocycles. The minimum atomic E-state index is -0.459. The lowest BCUT2D eigenvalue weighted by atomic mass is 10.1. The molecule has 0 aromatic heterocycles. The summed E-state index contributed by atoms with van der Waals surface area (Å²) in [7, 11) is 0. The highest BCUT2D eigenvalue weighted by Crippen LogP contribution is 2.32. The van der Waals surface area contributed by atoms with Gasteiger partial charge in [-0.1, -0.05) is 23.2 Å². The largest absolute Gasteiger partial charge is 0.375 e. The normalized spacial score (nSPS) is 13.6. The predicted molar refractivity (Wildman–Crippen MR) is 78.5 cm³/mol. The van der Waals surface area contributed by atoms with E-state index in [2.05, 4.69) is 5.32 Å². The Bertz CT molecular complexity index is 438. The summed E-state index contributed by atoms with van der Waals surface area (Å²) < 4.78 is 19.1. The standard InChI is InChI=1S/C14H20Cl2FNO/c1-5-19-14(3,4)8-18-9(2)12-10(15)6-7-11(17)13(12)16/h6-7,9,18H,5,8H2,1-4H3. The molecule has 19 heavy (non-hydrogen) atoms. The average Bonchev–Trinajstić information content (AvgIpc) is 2.32. The van der Waals surface area contributed by atoms with Gasteiger partial charge < -0.3 is 10.1 Å². The van der Waals surface area contributed by atoms with Crippen LogP contribution in [-0.4, -0.2) is 18.8 Å². The molecule has 0 aliphatic carbocycles. The van der Waals surface area contributed by atoms with Crippen molar-refractivity contribution in [1.29, 1.82) is 0 Å². The van der Waals surface area contributed by atoms with Gasteiger partial charge in [-0.2, -0.15) is 0 Å². The van der Waals surface area contributed by atoms with Crippen LogP contribution in [0.4, 0.5) is 4.39 Å². The van der Waals surface area contributed by atoms with Crippen LogP contribution in [0.2, 0.25) is 10.0 Å². The topological polar surface area (TPSA) is 21.3 Å². The Morgan fingerprint density at radius 2 is 2.00 bits per heavy atom. The third kappa shape index (κ3) is 4.60. The van der Waals surface area contributed by atoms with Gasteiger partial charge in [0, 0.05) is 29.8 Å². The molecule has 0 heterocycles. The summed E-state index contributed by atoms with van der Waals surface area (Å²) in [4.78, 5) is 0. The Morgan fingerprint density at radius 1 is 1.37 bits per heavy atom. The van der Waals surface area contributed by atoms with Crippen LogP contribution in [0.3, 0.4) is 0 Å². The van der Waals surface area contributed by atoms with Gasteiger partial charge in [-0.25, -0.2) is 4.39 Å². The lowest BCUT2D eigenvalue weighted by molar-refractivity contribution is -0.0103. The average molecular weight is 308 g/mol. The Kier molecular flexibility index (Phi) is 6.06. The molecule has 0 radical (unpaired) electrons. The molecular formula is C14H20Cl2FNO. The van der Waals surface area contributed by atoms with Gasteiger partial charge in [-0.15, -0.1) is 0 Å². The molecule has 1 aromatic carbocycles. The summed E-state index contributed by atoms with van der Waals surface area (Å²) in [6.07, 6.45) is 0. The van der Waals surface area contributed by atoms with E-state index in [1.54, 1.807) is 0 Å². The first-order chi connectivity index (χ1) is 8.78. The van der Waals surface area contributed by atoms with Gasteiger partial charge >= 0.3 is 0 Å². The Balaban J connectivity index is 2.79. The first kappa shape index (κ1) is 16.7. The molecule has 0 aliphatic heterocycles. The van der Waals surface area contributed by atoms with Crippen LogP contribution in [0.1, 0.15) is 39.3 Å². The summed E-state index contributed by atoms with van der Waals surface area (Å²) >= 11 is 12.1. The van der Waals surface area contributed by atoms with Crippen molar-refractivity contribution in [3.63, 3.8) is 0 Å².